The van der Waals surface area contributed by atoms with Gasteiger partial charge in [-0.1, -0.05) is 18.9 Å². The van der Waals surface area contributed by atoms with Crippen molar-refractivity contribution in [2.75, 3.05) is 20.2 Å². The fourth-order valence-electron chi connectivity index (χ4n) is 16.0. The molecule has 3 fully saturated rings. The summed E-state index contributed by atoms with van der Waals surface area (Å²) >= 11 is 0. The fourth-order valence-corrected chi connectivity index (χ4v) is 16.0. The molecule has 0 amide bonds. The lowest BCUT2D eigenvalue weighted by atomic mass is 9.52. The molecule has 8 atom stereocenters. The summed E-state index contributed by atoms with van der Waals surface area (Å²) in [6.45, 7) is -0.489. The molecule has 2 bridgehead atoms. The molecule has 0 spiro atoms. The lowest BCUT2D eigenvalue weighted by Crippen LogP contribution is -2.63. The Morgan fingerprint density at radius 2 is 0.574 bits per heavy atom. The molecule has 4 aliphatic rings. The first kappa shape index (κ1) is 97.9. The van der Waals surface area contributed by atoms with Gasteiger partial charge in [-0.3, -0.25) is 0 Å². The van der Waals surface area contributed by atoms with E-state index < -0.39 is 325 Å². The highest BCUT2D eigenvalue weighted by Gasteiger charge is 2.57. The molecule has 2 aliphatic heterocycles. The Morgan fingerprint density at radius 1 is 0.305 bits per heavy atom. The lowest BCUT2D eigenvalue weighted by Gasteiger charge is -2.58. The first-order valence-corrected chi connectivity index (χ1v) is 40.9. The minimum atomic E-state index is -3.12. The number of aromatic hydroxyl groups is 26. The van der Waals surface area contributed by atoms with Gasteiger partial charge in [0.1, 0.15) is 18.5 Å². The summed E-state index contributed by atoms with van der Waals surface area (Å²) in [6, 6.07) is 15.4. The van der Waals surface area contributed by atoms with Crippen LogP contribution in [0, 0.1) is 5.92 Å². The van der Waals surface area contributed by atoms with Crippen molar-refractivity contribution >= 4 is 59.7 Å². The van der Waals surface area contributed by atoms with Crippen molar-refractivity contribution in [2.45, 2.75) is 80.7 Å². The minimum Gasteiger partial charge on any atom is -0.508 e. The molecule has 734 valence electrons. The largest absolute Gasteiger partial charge is 0.508 e. The Balaban J connectivity index is 0.000000732. The van der Waals surface area contributed by atoms with Crippen LogP contribution in [0.4, 0.5) is 0 Å². The van der Waals surface area contributed by atoms with Crippen molar-refractivity contribution in [3.8, 4) is 178 Å². The second kappa shape index (κ2) is 38.7. The Bertz CT molecular complexity index is 6910. The van der Waals surface area contributed by atoms with Gasteiger partial charge in [-0.25, -0.2) is 47.9 Å². The fraction of sp³-hybridized carbons (Fsp3) is 0.183. The van der Waals surface area contributed by atoms with Crippen molar-refractivity contribution in [2.24, 2.45) is 5.92 Å². The predicted octanol–water partition coefficient (Wildman–Crippen LogP) is 7.92. The number of nitrogens with zero attached hydrogens (tertiary/aromatic N) is 1. The van der Waals surface area contributed by atoms with Crippen LogP contribution in [0.5, 0.6) is 178 Å². The number of phenolic OH excluding ortho intramolecular Hbond substituents is 26. The third-order valence-electron chi connectivity index (χ3n) is 23.0. The van der Waals surface area contributed by atoms with E-state index in [9.17, 15) is 166 Å². The molecule has 1 saturated carbocycles. The molecule has 0 radical (unpaired) electrons. The van der Waals surface area contributed by atoms with E-state index in [-0.39, 0.29) is 0 Å². The molecule has 48 nitrogen and oxygen atoms in total. The summed E-state index contributed by atoms with van der Waals surface area (Å²) < 4.78 is 60.4. The third-order valence-corrected chi connectivity index (χ3v) is 23.0. The van der Waals surface area contributed by atoms with E-state index in [1.54, 1.807) is 0 Å². The van der Waals surface area contributed by atoms with Gasteiger partial charge in [0.05, 0.1) is 55.6 Å². The Hall–Kier alpha value is -19.2. The maximum atomic E-state index is 15.3. The number of phenols is 26. The van der Waals surface area contributed by atoms with Crippen LogP contribution in [0.25, 0.3) is 0 Å². The first-order chi connectivity index (χ1) is 66.6. The third kappa shape index (κ3) is 19.9. The number of ether oxygens (including phenoxy) is 11. The van der Waals surface area contributed by atoms with Crippen LogP contribution in [0.2, 0.25) is 0 Å². The number of carbonyl (C=O) groups is 10. The standard InChI is InChI=1S/C76H52O46.C17H23NO/c77-32-1-22(2-33(78)53(32)92)67(103)113-47-16-27(11-42(87)58(47)97)66(102)112-21-52-63(119-72(108)28-12-43(88)59(98)48(17-28)114-68(104)23-3-34(79)54(93)35(80)4-23)64(120-73(109)29-13-44(89)60(99)49(18-29)115-69(105)24-5-36(81)55(94)37(82)6-24)65(121-74(110)30-14-45(90)61(100)50(19-30)116-70(106)25-7-38(83)56(95)39(84)8-25)76(118-52)122-75(111)31-15-46(91)62(101)51(20-31)117-71(107)26-9-40(85)57(96)41(86)10-26;1-18-9-8-17-7-3-2-4-14(17)16(18)10-12-5-6-13(19)11-15(12)17/h1-20,52,63-65,76-101H,21H2;5-6,11,14,16,19H,2-4,7-10H2,1H3/t52-,63-,64+,65-,76+;14-,16+,17+/m10/s1. The molecule has 2 heterocycles. The van der Waals surface area contributed by atoms with Crippen LogP contribution in [0.1, 0.15) is 147 Å². The van der Waals surface area contributed by atoms with E-state index >= 15 is 14.4 Å². The van der Waals surface area contributed by atoms with Gasteiger partial charge in [0.15, 0.2) is 156 Å². The van der Waals surface area contributed by atoms with Crippen molar-refractivity contribution < 1.29 is 233 Å². The van der Waals surface area contributed by atoms with Gasteiger partial charge in [-0.15, -0.1) is 0 Å². The molecule has 48 heteroatoms. The van der Waals surface area contributed by atoms with E-state index in [4.69, 9.17) is 52.1 Å². The zero-order chi connectivity index (χ0) is 102. The van der Waals surface area contributed by atoms with E-state index in [0.29, 0.717) is 132 Å². The Kier molecular flexibility index (Phi) is 26.8. The number of likely N-dealkylation sites (tertiary alicyclic amines) is 1. The SMILES string of the molecule is CN1CC[C@]23CCCC[C@H]2[C@H]1Cc1ccc(O)cc13.O=C(OC[C@H]1O[C@@H](OC(=O)c2cc(O)c(O)c(OC(=O)c3cc(O)c(O)c(O)c3)c2)[C@H](OC(=O)c2cc(O)c(O)c(OC(=O)c3cc(O)c(O)c(O)c3)c2)[C@@H](OC(=O)c2cc(O)c(O)c(OC(=O)c3cc(O)c(O)c(O)c3)c2)[C@@H]1OC(=O)c1cc(O)c(O)c(OC(=O)c2cc(O)c(O)c(O)c2)c1)c1cc(O)c(O)c(OC(=O)c2cc(O)c(O)c(O)c2)c1. The highest BCUT2D eigenvalue weighted by molar-refractivity contribution is 6.00. The minimum absolute atomic E-state index is 0.295. The van der Waals surface area contributed by atoms with Crippen LogP contribution in [0.15, 0.2) is 140 Å². The van der Waals surface area contributed by atoms with E-state index in [1.165, 1.54) is 56.2 Å². The van der Waals surface area contributed by atoms with Gasteiger partial charge in [-0.2, -0.15) is 0 Å². The summed E-state index contributed by atoms with van der Waals surface area (Å²) in [5.41, 5.74) is -6.53. The van der Waals surface area contributed by atoms with Gasteiger partial charge < -0.3 is 190 Å². The number of rotatable bonds is 21. The second-order valence-corrected chi connectivity index (χ2v) is 32.0. The molecule has 26 N–H and O–H groups in total. The lowest BCUT2D eigenvalue weighted by molar-refractivity contribution is -0.282. The van der Waals surface area contributed by atoms with Crippen LogP contribution in [0.3, 0.4) is 0 Å². The van der Waals surface area contributed by atoms with Gasteiger partial charge >= 0.3 is 59.7 Å². The van der Waals surface area contributed by atoms with E-state index in [1.807, 2.05) is 6.07 Å². The van der Waals surface area contributed by atoms with Crippen LogP contribution < -0.4 is 23.7 Å². The van der Waals surface area contributed by atoms with Crippen LogP contribution in [-0.2, 0) is 40.3 Å². The summed E-state index contributed by atoms with van der Waals surface area (Å²) in [4.78, 5) is 145. The normalized spacial score (nSPS) is 17.7. The summed E-state index contributed by atoms with van der Waals surface area (Å²) in [5, 5.41) is 271. The molecule has 0 unspecified atom stereocenters. The number of carbonyl (C=O) groups excluding carboxylic acids is 10. The van der Waals surface area contributed by atoms with Gasteiger partial charge in [0, 0.05) is 11.5 Å². The summed E-state index contributed by atoms with van der Waals surface area (Å²) in [7, 11) is 2.30. The number of likely N-dealkylation sites (N-methyl/N-ethyl adjacent to an activating group) is 1. The number of esters is 10. The molecule has 2 aliphatic carbocycles. The highest BCUT2D eigenvalue weighted by atomic mass is 16.8. The smallest absolute Gasteiger partial charge is 0.343 e. The van der Waals surface area contributed by atoms with E-state index in [2.05, 4.69) is 24.1 Å². The molecule has 141 heavy (non-hydrogen) atoms. The summed E-state index contributed by atoms with van der Waals surface area (Å²) in [5.74, 6) is -54.7. The van der Waals surface area contributed by atoms with Crippen molar-refractivity contribution in [1.82, 2.24) is 4.90 Å². The topological polar surface area (TPSA) is 801 Å². The number of benzene rings is 11. The molecule has 0 aromatic heterocycles. The quantitative estimate of drug-likeness (QED) is 0.0140. The van der Waals surface area contributed by atoms with Crippen molar-refractivity contribution in [3.05, 3.63) is 206 Å². The number of hydrogen-bond donors (Lipinski definition) is 26. The number of fused-ring (bicyclic) bond motifs is 1. The molecular formula is C93H75NO47. The maximum Gasteiger partial charge on any atom is 0.343 e. The monoisotopic (exact) mass is 1960 g/mol. The zero-order valence-electron chi connectivity index (χ0n) is 71.6. The van der Waals surface area contributed by atoms with Crippen LogP contribution in [-0.4, -0.2) is 254 Å². The van der Waals surface area contributed by atoms with Crippen molar-refractivity contribution in [1.29, 1.82) is 0 Å². The molecule has 15 rings (SSSR count). The summed E-state index contributed by atoms with van der Waals surface area (Å²) in [6.07, 6.45) is -7.13. The predicted molar refractivity (Wildman–Crippen MR) is 459 cm³/mol. The van der Waals surface area contributed by atoms with Crippen molar-refractivity contribution in [3.63, 3.8) is 0 Å². The zero-order valence-corrected chi connectivity index (χ0v) is 71.6. The van der Waals surface area contributed by atoms with Gasteiger partial charge in [0.25, 0.3) is 0 Å². The van der Waals surface area contributed by atoms with Gasteiger partial charge in [0.2, 0.25) is 41.1 Å². The maximum absolute atomic E-state index is 15.3. The second-order valence-electron chi connectivity index (χ2n) is 32.0. The number of hydrogen-bond acceptors (Lipinski definition) is 48. The van der Waals surface area contributed by atoms with Gasteiger partial charge in [-0.05, 0) is 190 Å². The van der Waals surface area contributed by atoms with Crippen LogP contribution >= 0.6 is 0 Å². The Labute approximate surface area is 785 Å². The highest BCUT2D eigenvalue weighted by Crippen LogP contribution is 2.57. The molecule has 2 saturated heterocycles. The first-order valence-electron chi connectivity index (χ1n) is 40.9. The van der Waals surface area contributed by atoms with E-state index in [0.717, 1.165) is 12.0 Å². The molecule has 11 aromatic carbocycles. The number of piperidine rings is 1. The Morgan fingerprint density at radius 3 is 0.887 bits per heavy atom. The molecular weight excluding hydrogens is 1880 g/mol. The average molecular weight is 1960 g/mol. The average Bonchev–Trinajstić information content (AvgIpc) is 0.713. The molecule has 11 aromatic rings.